The third-order valence-electron chi connectivity index (χ3n) is 5.33. The quantitative estimate of drug-likeness (QED) is 0.902. The zero-order chi connectivity index (χ0) is 15.7. The zero-order valence-electron chi connectivity index (χ0n) is 13.5. The third-order valence-corrected chi connectivity index (χ3v) is 5.33. The molecule has 3 N–H and O–H groups in total. The van der Waals surface area contributed by atoms with Gasteiger partial charge in [0, 0.05) is 5.54 Å². The Hall–Kier alpha value is -1.55. The largest absolute Gasteiger partial charge is 0.496 e. The van der Waals surface area contributed by atoms with E-state index in [1.54, 1.807) is 7.11 Å². The number of rotatable bonds is 3. The van der Waals surface area contributed by atoms with Crippen LogP contribution < -0.4 is 15.8 Å². The highest BCUT2D eigenvalue weighted by atomic mass is 16.5. The molecule has 0 spiro atoms. The summed E-state index contributed by atoms with van der Waals surface area (Å²) in [5.74, 6) is 0.969. The van der Waals surface area contributed by atoms with Gasteiger partial charge in [-0.1, -0.05) is 25.0 Å². The molecule has 3 atom stereocenters. The number of fused-ring (bicyclic) bond motifs is 1. The number of hydrogen-bond acceptors (Lipinski definition) is 3. The van der Waals surface area contributed by atoms with E-state index in [9.17, 15) is 4.79 Å². The lowest BCUT2D eigenvalue weighted by molar-refractivity contribution is -0.128. The van der Waals surface area contributed by atoms with Crippen LogP contribution in [0.1, 0.15) is 56.2 Å². The van der Waals surface area contributed by atoms with Crippen molar-refractivity contribution in [1.29, 1.82) is 0 Å². The van der Waals surface area contributed by atoms with E-state index in [2.05, 4.69) is 11.4 Å². The molecular formula is C18H26N2O2. The first-order valence-electron chi connectivity index (χ1n) is 8.28. The van der Waals surface area contributed by atoms with Crippen LogP contribution in [0.2, 0.25) is 0 Å². The SMILES string of the molecule is COc1cccc2c1CCC2NC(=O)C1CCCCC1(C)N. The van der Waals surface area contributed by atoms with Gasteiger partial charge in [-0.3, -0.25) is 4.79 Å². The molecule has 0 heterocycles. The van der Waals surface area contributed by atoms with E-state index in [1.807, 2.05) is 19.1 Å². The van der Waals surface area contributed by atoms with Crippen LogP contribution in [-0.2, 0) is 11.2 Å². The number of ether oxygens (including phenoxy) is 1. The first kappa shape index (κ1) is 15.3. The number of carbonyl (C=O) groups excluding carboxylic acids is 1. The molecule has 2 aliphatic carbocycles. The summed E-state index contributed by atoms with van der Waals surface area (Å²) in [5.41, 5.74) is 8.41. The van der Waals surface area contributed by atoms with Crippen LogP contribution in [0.3, 0.4) is 0 Å². The Bertz CT molecular complexity index is 568. The summed E-state index contributed by atoms with van der Waals surface area (Å²) in [6.45, 7) is 2.02. The predicted molar refractivity (Wildman–Crippen MR) is 86.7 cm³/mol. The smallest absolute Gasteiger partial charge is 0.225 e. The van der Waals surface area contributed by atoms with E-state index in [0.29, 0.717) is 0 Å². The van der Waals surface area contributed by atoms with Gasteiger partial charge in [-0.25, -0.2) is 0 Å². The highest BCUT2D eigenvalue weighted by molar-refractivity contribution is 5.81. The number of benzene rings is 1. The Balaban J connectivity index is 1.74. The molecule has 1 aromatic carbocycles. The van der Waals surface area contributed by atoms with Crippen molar-refractivity contribution in [3.05, 3.63) is 29.3 Å². The van der Waals surface area contributed by atoms with E-state index in [0.717, 1.165) is 44.3 Å². The third kappa shape index (κ3) is 2.72. The first-order valence-corrected chi connectivity index (χ1v) is 8.28. The standard InChI is InChI=1S/C18H26N2O2/c1-18(19)11-4-3-7-14(18)17(21)20-15-10-9-13-12(15)6-5-8-16(13)22-2/h5-6,8,14-15H,3-4,7,9-11,19H2,1-2H3,(H,20,21). The van der Waals surface area contributed by atoms with Crippen LogP contribution in [0.4, 0.5) is 0 Å². The number of amides is 1. The number of carbonyl (C=O) groups is 1. The molecule has 1 aromatic rings. The lowest BCUT2D eigenvalue weighted by atomic mass is 9.74. The second-order valence-electron chi connectivity index (χ2n) is 6.93. The highest BCUT2D eigenvalue weighted by Gasteiger charge is 2.39. The van der Waals surface area contributed by atoms with Gasteiger partial charge >= 0.3 is 0 Å². The van der Waals surface area contributed by atoms with Crippen molar-refractivity contribution >= 4 is 5.91 Å². The molecule has 0 aliphatic heterocycles. The summed E-state index contributed by atoms with van der Waals surface area (Å²) >= 11 is 0. The maximum absolute atomic E-state index is 12.7. The van der Waals surface area contributed by atoms with Crippen LogP contribution in [0.15, 0.2) is 18.2 Å². The summed E-state index contributed by atoms with van der Waals surface area (Å²) in [4.78, 5) is 12.7. The predicted octanol–water partition coefficient (Wildman–Crippen LogP) is 2.71. The van der Waals surface area contributed by atoms with Crippen molar-refractivity contribution in [2.24, 2.45) is 11.7 Å². The molecule has 4 nitrogen and oxygen atoms in total. The van der Waals surface area contributed by atoms with Gasteiger partial charge in [-0.2, -0.15) is 0 Å². The minimum atomic E-state index is -0.377. The molecule has 3 rings (SSSR count). The molecular weight excluding hydrogens is 276 g/mol. The second kappa shape index (κ2) is 5.92. The van der Waals surface area contributed by atoms with Crippen LogP contribution in [0.5, 0.6) is 5.75 Å². The molecule has 120 valence electrons. The molecule has 0 saturated heterocycles. The second-order valence-corrected chi connectivity index (χ2v) is 6.93. The Kier molecular flexibility index (Phi) is 4.13. The van der Waals surface area contributed by atoms with Crippen LogP contribution >= 0.6 is 0 Å². The number of nitrogens with one attached hydrogen (secondary N) is 1. The van der Waals surface area contributed by atoms with Gasteiger partial charge in [-0.15, -0.1) is 0 Å². The van der Waals surface area contributed by atoms with Gasteiger partial charge in [0.15, 0.2) is 0 Å². The topological polar surface area (TPSA) is 64.3 Å². The maximum atomic E-state index is 12.7. The fourth-order valence-electron chi connectivity index (χ4n) is 4.02. The average molecular weight is 302 g/mol. The number of nitrogens with two attached hydrogens (primary N) is 1. The van der Waals surface area contributed by atoms with E-state index >= 15 is 0 Å². The van der Waals surface area contributed by atoms with Crippen molar-refractivity contribution in [3.63, 3.8) is 0 Å². The Morgan fingerprint density at radius 1 is 1.36 bits per heavy atom. The Labute approximate surface area is 132 Å². The molecule has 1 saturated carbocycles. The van der Waals surface area contributed by atoms with Gasteiger partial charge in [0.05, 0.1) is 19.1 Å². The molecule has 1 fully saturated rings. The first-order chi connectivity index (χ1) is 10.5. The van der Waals surface area contributed by atoms with Crippen molar-refractivity contribution in [2.45, 2.75) is 57.0 Å². The summed E-state index contributed by atoms with van der Waals surface area (Å²) in [6.07, 6.45) is 5.95. The van der Waals surface area contributed by atoms with Crippen molar-refractivity contribution in [2.75, 3.05) is 7.11 Å². The molecule has 3 unspecified atom stereocenters. The molecule has 0 aromatic heterocycles. The monoisotopic (exact) mass is 302 g/mol. The fraction of sp³-hybridized carbons (Fsp3) is 0.611. The Morgan fingerprint density at radius 3 is 2.91 bits per heavy atom. The van der Waals surface area contributed by atoms with Gasteiger partial charge < -0.3 is 15.8 Å². The maximum Gasteiger partial charge on any atom is 0.225 e. The molecule has 0 bridgehead atoms. The number of methoxy groups -OCH3 is 1. The average Bonchev–Trinajstić information content (AvgIpc) is 2.89. The molecule has 0 radical (unpaired) electrons. The fourth-order valence-corrected chi connectivity index (χ4v) is 4.02. The van der Waals surface area contributed by atoms with E-state index < -0.39 is 0 Å². The number of hydrogen-bond donors (Lipinski definition) is 2. The molecule has 1 amide bonds. The van der Waals surface area contributed by atoms with Crippen LogP contribution in [0, 0.1) is 5.92 Å². The van der Waals surface area contributed by atoms with Crippen molar-refractivity contribution < 1.29 is 9.53 Å². The van der Waals surface area contributed by atoms with Crippen molar-refractivity contribution in [1.82, 2.24) is 5.32 Å². The molecule has 22 heavy (non-hydrogen) atoms. The van der Waals surface area contributed by atoms with Crippen molar-refractivity contribution in [3.8, 4) is 5.75 Å². The van der Waals surface area contributed by atoms with E-state index in [-0.39, 0.29) is 23.4 Å². The van der Waals surface area contributed by atoms with Gasteiger partial charge in [0.1, 0.15) is 5.75 Å². The minimum Gasteiger partial charge on any atom is -0.496 e. The van der Waals surface area contributed by atoms with E-state index in [4.69, 9.17) is 10.5 Å². The lowest BCUT2D eigenvalue weighted by Crippen LogP contribution is -2.53. The van der Waals surface area contributed by atoms with Gasteiger partial charge in [-0.05, 0) is 49.8 Å². The molecule has 2 aliphatic rings. The summed E-state index contributed by atoms with van der Waals surface area (Å²) in [6, 6.07) is 6.17. The Morgan fingerprint density at radius 2 is 2.18 bits per heavy atom. The normalized spacial score (nSPS) is 30.7. The lowest BCUT2D eigenvalue weighted by Gasteiger charge is -2.37. The summed E-state index contributed by atoms with van der Waals surface area (Å²) in [5, 5.41) is 3.24. The molecule has 4 heteroatoms. The van der Waals surface area contributed by atoms with E-state index in [1.165, 1.54) is 11.1 Å². The van der Waals surface area contributed by atoms with Gasteiger partial charge in [0.25, 0.3) is 0 Å². The van der Waals surface area contributed by atoms with Crippen LogP contribution in [-0.4, -0.2) is 18.6 Å². The summed E-state index contributed by atoms with van der Waals surface area (Å²) < 4.78 is 5.43. The summed E-state index contributed by atoms with van der Waals surface area (Å²) in [7, 11) is 1.70. The minimum absolute atomic E-state index is 0.0732. The zero-order valence-corrected chi connectivity index (χ0v) is 13.5. The van der Waals surface area contributed by atoms with Gasteiger partial charge in [0.2, 0.25) is 5.91 Å². The van der Waals surface area contributed by atoms with Crippen LogP contribution in [0.25, 0.3) is 0 Å². The highest BCUT2D eigenvalue weighted by Crippen LogP contribution is 2.38.